The number of anilines is 1. The maximum absolute atomic E-state index is 5.03. The lowest BCUT2D eigenvalue weighted by molar-refractivity contribution is 0.657. The standard InChI is InChI=1S/C17H30N2/c1-9-11(3)15-13(5)17(19(7)8)14(6)16(18-15)12(4)10-2/h11-12H,9-10H2,1-8H3. The number of pyridine rings is 1. The minimum atomic E-state index is 0.530. The first-order valence-electron chi connectivity index (χ1n) is 7.53. The van der Waals surface area contributed by atoms with Crippen molar-refractivity contribution in [1.82, 2.24) is 4.98 Å². The summed E-state index contributed by atoms with van der Waals surface area (Å²) in [6.45, 7) is 13.5. The van der Waals surface area contributed by atoms with E-state index in [-0.39, 0.29) is 0 Å². The van der Waals surface area contributed by atoms with E-state index in [1.165, 1.54) is 28.2 Å². The van der Waals surface area contributed by atoms with E-state index in [0.717, 1.165) is 12.8 Å². The second kappa shape index (κ2) is 6.40. The quantitative estimate of drug-likeness (QED) is 0.758. The fourth-order valence-corrected chi connectivity index (χ4v) is 2.84. The fraction of sp³-hybridized carbons (Fsp3) is 0.706. The van der Waals surface area contributed by atoms with Crippen LogP contribution in [0.2, 0.25) is 0 Å². The lowest BCUT2D eigenvalue weighted by Gasteiger charge is -2.26. The predicted molar refractivity (Wildman–Crippen MR) is 85.5 cm³/mol. The van der Waals surface area contributed by atoms with Gasteiger partial charge < -0.3 is 4.90 Å². The van der Waals surface area contributed by atoms with E-state index < -0.39 is 0 Å². The molecule has 1 rings (SSSR count). The van der Waals surface area contributed by atoms with E-state index in [9.17, 15) is 0 Å². The number of hydrogen-bond donors (Lipinski definition) is 0. The molecule has 0 saturated carbocycles. The van der Waals surface area contributed by atoms with Crippen LogP contribution in [-0.4, -0.2) is 19.1 Å². The zero-order chi connectivity index (χ0) is 14.7. The average Bonchev–Trinajstić information content (AvgIpc) is 2.37. The zero-order valence-corrected chi connectivity index (χ0v) is 14.0. The van der Waals surface area contributed by atoms with Crippen molar-refractivity contribution in [3.05, 3.63) is 22.5 Å². The molecule has 0 aliphatic carbocycles. The molecular weight excluding hydrogens is 232 g/mol. The molecule has 0 aliphatic heterocycles. The SMILES string of the molecule is CCC(C)c1nc(C(C)CC)c(C)c(N(C)C)c1C. The first-order valence-corrected chi connectivity index (χ1v) is 7.53. The summed E-state index contributed by atoms with van der Waals surface area (Å²) >= 11 is 0. The molecule has 1 aromatic heterocycles. The van der Waals surface area contributed by atoms with Crippen LogP contribution in [0.5, 0.6) is 0 Å². The second-order valence-corrected chi connectivity index (χ2v) is 5.99. The maximum atomic E-state index is 5.03. The Morgan fingerprint density at radius 1 is 0.895 bits per heavy atom. The Morgan fingerprint density at radius 2 is 1.26 bits per heavy atom. The minimum absolute atomic E-state index is 0.530. The van der Waals surface area contributed by atoms with Gasteiger partial charge >= 0.3 is 0 Å². The molecule has 0 radical (unpaired) electrons. The van der Waals surface area contributed by atoms with Crippen LogP contribution < -0.4 is 4.90 Å². The molecule has 0 N–H and O–H groups in total. The number of aromatic nitrogens is 1. The third-order valence-corrected chi connectivity index (χ3v) is 4.33. The Labute approximate surface area is 119 Å². The summed E-state index contributed by atoms with van der Waals surface area (Å²) in [4.78, 5) is 7.27. The van der Waals surface area contributed by atoms with E-state index in [1.54, 1.807) is 0 Å². The van der Waals surface area contributed by atoms with Gasteiger partial charge in [0.2, 0.25) is 0 Å². The van der Waals surface area contributed by atoms with Gasteiger partial charge in [-0.05, 0) is 49.7 Å². The highest BCUT2D eigenvalue weighted by atomic mass is 15.1. The molecule has 19 heavy (non-hydrogen) atoms. The summed E-state index contributed by atoms with van der Waals surface area (Å²) < 4.78 is 0. The first kappa shape index (κ1) is 16.0. The largest absolute Gasteiger partial charge is 0.377 e. The normalized spacial score (nSPS) is 14.3. The molecule has 0 bridgehead atoms. The molecule has 0 spiro atoms. The van der Waals surface area contributed by atoms with Crippen LogP contribution in [0.25, 0.3) is 0 Å². The Morgan fingerprint density at radius 3 is 1.53 bits per heavy atom. The van der Waals surface area contributed by atoms with Gasteiger partial charge in [-0.2, -0.15) is 0 Å². The monoisotopic (exact) mass is 262 g/mol. The molecule has 0 saturated heterocycles. The average molecular weight is 262 g/mol. The van der Waals surface area contributed by atoms with Gasteiger partial charge in [0.05, 0.1) is 0 Å². The van der Waals surface area contributed by atoms with Crippen molar-refractivity contribution in [1.29, 1.82) is 0 Å². The van der Waals surface area contributed by atoms with Crippen LogP contribution >= 0.6 is 0 Å². The number of nitrogens with zero attached hydrogens (tertiary/aromatic N) is 2. The molecule has 0 aromatic carbocycles. The molecule has 0 amide bonds. The lowest BCUT2D eigenvalue weighted by Crippen LogP contribution is -2.17. The van der Waals surface area contributed by atoms with E-state index in [0.29, 0.717) is 11.8 Å². The third-order valence-electron chi connectivity index (χ3n) is 4.33. The van der Waals surface area contributed by atoms with Gasteiger partial charge in [-0.3, -0.25) is 4.98 Å². The fourth-order valence-electron chi connectivity index (χ4n) is 2.84. The zero-order valence-electron chi connectivity index (χ0n) is 14.0. The van der Waals surface area contributed by atoms with Gasteiger partial charge in [-0.1, -0.05) is 27.7 Å². The van der Waals surface area contributed by atoms with Crippen LogP contribution in [0, 0.1) is 13.8 Å². The predicted octanol–water partition coefficient (Wildman–Crippen LogP) is 4.79. The molecular formula is C17H30N2. The first-order chi connectivity index (χ1) is 8.84. The van der Waals surface area contributed by atoms with Gasteiger partial charge in [0.15, 0.2) is 0 Å². The summed E-state index contributed by atoms with van der Waals surface area (Å²) in [7, 11) is 4.27. The van der Waals surface area contributed by atoms with Crippen molar-refractivity contribution in [2.24, 2.45) is 0 Å². The highest BCUT2D eigenvalue weighted by Gasteiger charge is 2.20. The molecule has 1 heterocycles. The van der Waals surface area contributed by atoms with Gasteiger partial charge in [-0.25, -0.2) is 0 Å². The molecule has 2 atom stereocenters. The smallest absolute Gasteiger partial charge is 0.0485 e. The molecule has 108 valence electrons. The Balaban J connectivity index is 3.54. The van der Waals surface area contributed by atoms with E-state index in [1.807, 2.05) is 0 Å². The van der Waals surface area contributed by atoms with Crippen LogP contribution in [-0.2, 0) is 0 Å². The summed E-state index contributed by atoms with van der Waals surface area (Å²) in [5.74, 6) is 1.06. The highest BCUT2D eigenvalue weighted by molar-refractivity contribution is 5.61. The summed E-state index contributed by atoms with van der Waals surface area (Å²) in [6.07, 6.45) is 2.29. The van der Waals surface area contributed by atoms with Crippen LogP contribution in [0.1, 0.15) is 74.9 Å². The van der Waals surface area contributed by atoms with Crippen molar-refractivity contribution in [2.45, 2.75) is 66.2 Å². The van der Waals surface area contributed by atoms with Crippen molar-refractivity contribution in [3.63, 3.8) is 0 Å². The van der Waals surface area contributed by atoms with Crippen molar-refractivity contribution in [3.8, 4) is 0 Å². The molecule has 1 aromatic rings. The van der Waals surface area contributed by atoms with E-state index in [4.69, 9.17) is 4.98 Å². The topological polar surface area (TPSA) is 16.1 Å². The Hall–Kier alpha value is -1.05. The molecule has 2 unspecified atom stereocenters. The highest BCUT2D eigenvalue weighted by Crippen LogP contribution is 2.35. The van der Waals surface area contributed by atoms with Crippen molar-refractivity contribution < 1.29 is 0 Å². The van der Waals surface area contributed by atoms with Gasteiger partial charge in [0.25, 0.3) is 0 Å². The van der Waals surface area contributed by atoms with Crippen LogP contribution in [0.4, 0.5) is 5.69 Å². The van der Waals surface area contributed by atoms with Gasteiger partial charge in [0.1, 0.15) is 0 Å². The molecule has 0 aliphatic rings. The van der Waals surface area contributed by atoms with Gasteiger partial charge in [0, 0.05) is 31.2 Å². The maximum Gasteiger partial charge on any atom is 0.0485 e. The van der Waals surface area contributed by atoms with E-state index in [2.05, 4.69) is 60.5 Å². The summed E-state index contributed by atoms with van der Waals surface area (Å²) in [5, 5.41) is 0. The molecule has 2 heteroatoms. The third kappa shape index (κ3) is 3.10. The number of rotatable bonds is 5. The Kier molecular flexibility index (Phi) is 5.39. The summed E-state index contributed by atoms with van der Waals surface area (Å²) in [6, 6.07) is 0. The van der Waals surface area contributed by atoms with Crippen LogP contribution in [0.3, 0.4) is 0 Å². The lowest BCUT2D eigenvalue weighted by atomic mass is 9.92. The van der Waals surface area contributed by atoms with Crippen molar-refractivity contribution in [2.75, 3.05) is 19.0 Å². The Bertz CT molecular complexity index is 401. The van der Waals surface area contributed by atoms with Crippen LogP contribution in [0.15, 0.2) is 0 Å². The number of hydrogen-bond acceptors (Lipinski definition) is 2. The van der Waals surface area contributed by atoms with Gasteiger partial charge in [-0.15, -0.1) is 0 Å². The van der Waals surface area contributed by atoms with Crippen molar-refractivity contribution >= 4 is 5.69 Å². The minimum Gasteiger partial charge on any atom is -0.377 e. The second-order valence-electron chi connectivity index (χ2n) is 5.99. The molecule has 2 nitrogen and oxygen atoms in total. The molecule has 0 fully saturated rings. The van der Waals surface area contributed by atoms with E-state index >= 15 is 0 Å². The summed E-state index contributed by atoms with van der Waals surface area (Å²) in [5.41, 5.74) is 6.63.